The van der Waals surface area contributed by atoms with E-state index in [1.165, 1.54) is 23.5 Å². The molecule has 0 saturated carbocycles. The van der Waals surface area contributed by atoms with Gasteiger partial charge in [-0.3, -0.25) is 4.79 Å². The number of nitrogens with one attached hydrogen (secondary N) is 2. The highest BCUT2D eigenvalue weighted by molar-refractivity contribution is 7.12. The summed E-state index contributed by atoms with van der Waals surface area (Å²) >= 11 is 1.42. The summed E-state index contributed by atoms with van der Waals surface area (Å²) in [6, 6.07) is 8.36. The maximum absolute atomic E-state index is 13.5. The molecule has 0 spiro atoms. The van der Waals surface area contributed by atoms with Crippen molar-refractivity contribution in [1.29, 1.82) is 0 Å². The molecule has 0 unspecified atom stereocenters. The van der Waals surface area contributed by atoms with Crippen LogP contribution < -0.4 is 5.32 Å². The molecule has 0 aliphatic heterocycles. The molecule has 22 heavy (non-hydrogen) atoms. The fourth-order valence-electron chi connectivity index (χ4n) is 2.54. The molecule has 0 radical (unpaired) electrons. The number of aromatic amines is 1. The summed E-state index contributed by atoms with van der Waals surface area (Å²) in [4.78, 5) is 15.9. The van der Waals surface area contributed by atoms with Crippen LogP contribution in [0.4, 0.5) is 4.39 Å². The molecular weight excluding hydrogens is 299 g/mol. The van der Waals surface area contributed by atoms with Gasteiger partial charge in [-0.2, -0.15) is 0 Å². The number of rotatable bonds is 4. The Bertz CT molecular complexity index is 805. The SMILES string of the molecule is CC(C)(CNC(=O)c1cccs1)c1c[nH]c2ccc(F)cc12. The van der Waals surface area contributed by atoms with E-state index >= 15 is 0 Å². The van der Waals surface area contributed by atoms with Gasteiger partial charge in [0.2, 0.25) is 0 Å². The van der Waals surface area contributed by atoms with E-state index in [2.05, 4.69) is 10.3 Å². The maximum Gasteiger partial charge on any atom is 0.261 e. The first-order chi connectivity index (χ1) is 10.5. The molecule has 2 heterocycles. The molecule has 3 nitrogen and oxygen atoms in total. The van der Waals surface area contributed by atoms with Crippen molar-refractivity contribution in [1.82, 2.24) is 10.3 Å². The van der Waals surface area contributed by atoms with Crippen LogP contribution in [0.3, 0.4) is 0 Å². The van der Waals surface area contributed by atoms with Crippen LogP contribution in [0.25, 0.3) is 10.9 Å². The van der Waals surface area contributed by atoms with Crippen molar-refractivity contribution in [3.8, 4) is 0 Å². The van der Waals surface area contributed by atoms with Gasteiger partial charge in [-0.1, -0.05) is 19.9 Å². The molecule has 0 fully saturated rings. The number of amides is 1. The quantitative estimate of drug-likeness (QED) is 0.748. The van der Waals surface area contributed by atoms with Crippen LogP contribution in [-0.2, 0) is 5.41 Å². The highest BCUT2D eigenvalue weighted by Crippen LogP contribution is 2.30. The van der Waals surface area contributed by atoms with Gasteiger partial charge in [0.05, 0.1) is 4.88 Å². The Balaban J connectivity index is 1.82. The second kappa shape index (κ2) is 5.57. The lowest BCUT2D eigenvalue weighted by molar-refractivity contribution is 0.0950. The summed E-state index contributed by atoms with van der Waals surface area (Å²) in [5.41, 5.74) is 1.58. The second-order valence-electron chi connectivity index (χ2n) is 5.94. The molecule has 5 heteroatoms. The third kappa shape index (κ3) is 2.76. The Morgan fingerprint density at radius 1 is 1.36 bits per heavy atom. The number of halogens is 1. The molecule has 0 atom stereocenters. The molecule has 1 aromatic carbocycles. The summed E-state index contributed by atoms with van der Waals surface area (Å²) in [5, 5.41) is 5.69. The Morgan fingerprint density at radius 2 is 2.18 bits per heavy atom. The average molecular weight is 316 g/mol. The van der Waals surface area contributed by atoms with Crippen LogP contribution in [0, 0.1) is 5.82 Å². The molecule has 114 valence electrons. The normalized spacial score (nSPS) is 11.8. The van der Waals surface area contributed by atoms with Crippen LogP contribution in [0.5, 0.6) is 0 Å². The first-order valence-corrected chi connectivity index (χ1v) is 7.94. The van der Waals surface area contributed by atoms with E-state index in [0.717, 1.165) is 16.5 Å². The number of carbonyl (C=O) groups excluding carboxylic acids is 1. The van der Waals surface area contributed by atoms with Crippen LogP contribution in [0.15, 0.2) is 41.9 Å². The van der Waals surface area contributed by atoms with E-state index < -0.39 is 0 Å². The van der Waals surface area contributed by atoms with Gasteiger partial charge >= 0.3 is 0 Å². The van der Waals surface area contributed by atoms with Crippen LogP contribution in [0.1, 0.15) is 29.1 Å². The van der Waals surface area contributed by atoms with E-state index in [9.17, 15) is 9.18 Å². The van der Waals surface area contributed by atoms with Gasteiger partial charge in [0.1, 0.15) is 5.82 Å². The largest absolute Gasteiger partial charge is 0.361 e. The van der Waals surface area contributed by atoms with Crippen LogP contribution in [0.2, 0.25) is 0 Å². The van der Waals surface area contributed by atoms with Crippen LogP contribution in [-0.4, -0.2) is 17.4 Å². The summed E-state index contributed by atoms with van der Waals surface area (Å²) in [6.07, 6.45) is 1.89. The first kappa shape index (κ1) is 14.8. The second-order valence-corrected chi connectivity index (χ2v) is 6.88. The fraction of sp³-hybridized carbons (Fsp3) is 0.235. The molecular formula is C17H17FN2OS. The van der Waals surface area contributed by atoms with Crippen molar-refractivity contribution in [2.75, 3.05) is 6.54 Å². The highest BCUT2D eigenvalue weighted by atomic mass is 32.1. The topological polar surface area (TPSA) is 44.9 Å². The van der Waals surface area contributed by atoms with Crippen LogP contribution >= 0.6 is 11.3 Å². The summed E-state index contributed by atoms with van der Waals surface area (Å²) in [6.45, 7) is 4.55. The van der Waals surface area contributed by atoms with E-state index in [0.29, 0.717) is 11.4 Å². The van der Waals surface area contributed by atoms with Gasteiger partial charge < -0.3 is 10.3 Å². The van der Waals surface area contributed by atoms with E-state index in [4.69, 9.17) is 0 Å². The number of hydrogen-bond acceptors (Lipinski definition) is 2. The smallest absolute Gasteiger partial charge is 0.261 e. The van der Waals surface area contributed by atoms with Crippen molar-refractivity contribution < 1.29 is 9.18 Å². The lowest BCUT2D eigenvalue weighted by atomic mass is 9.84. The number of benzene rings is 1. The minimum atomic E-state index is -0.307. The minimum Gasteiger partial charge on any atom is -0.361 e. The number of thiophene rings is 1. The fourth-order valence-corrected chi connectivity index (χ4v) is 3.18. The number of carbonyl (C=O) groups is 1. The monoisotopic (exact) mass is 316 g/mol. The molecule has 0 aliphatic rings. The zero-order valence-corrected chi connectivity index (χ0v) is 13.3. The Kier molecular flexibility index (Phi) is 3.74. The summed E-state index contributed by atoms with van der Waals surface area (Å²) in [7, 11) is 0. The standard InChI is InChI=1S/C17H17FN2OS/c1-17(2,10-20-16(21)15-4-3-7-22-15)13-9-19-14-6-5-11(18)8-12(13)14/h3-9,19H,10H2,1-2H3,(H,20,21). The van der Waals surface area contributed by atoms with Gasteiger partial charge in [0.15, 0.2) is 0 Å². The Hall–Kier alpha value is -2.14. The molecule has 0 bridgehead atoms. The molecule has 1 amide bonds. The summed E-state index contributed by atoms with van der Waals surface area (Å²) in [5.74, 6) is -0.333. The molecule has 2 N–H and O–H groups in total. The molecule has 0 aliphatic carbocycles. The van der Waals surface area contributed by atoms with Crippen molar-refractivity contribution in [3.05, 3.63) is 58.2 Å². The summed E-state index contributed by atoms with van der Waals surface area (Å²) < 4.78 is 13.5. The van der Waals surface area contributed by atoms with Crippen molar-refractivity contribution in [2.45, 2.75) is 19.3 Å². The lowest BCUT2D eigenvalue weighted by Gasteiger charge is -2.24. The number of fused-ring (bicyclic) bond motifs is 1. The lowest BCUT2D eigenvalue weighted by Crippen LogP contribution is -2.36. The molecule has 2 aromatic heterocycles. The van der Waals surface area contributed by atoms with Gasteiger partial charge in [-0.05, 0) is 35.2 Å². The Labute approximate surface area is 132 Å². The zero-order chi connectivity index (χ0) is 15.7. The van der Waals surface area contributed by atoms with Gasteiger partial charge in [-0.25, -0.2) is 4.39 Å². The van der Waals surface area contributed by atoms with Gasteiger partial charge in [0.25, 0.3) is 5.91 Å². The number of hydrogen-bond donors (Lipinski definition) is 2. The Morgan fingerprint density at radius 3 is 2.91 bits per heavy atom. The maximum atomic E-state index is 13.5. The number of H-pyrrole nitrogens is 1. The van der Waals surface area contributed by atoms with Gasteiger partial charge in [-0.15, -0.1) is 11.3 Å². The number of aromatic nitrogens is 1. The predicted molar refractivity (Wildman–Crippen MR) is 87.9 cm³/mol. The van der Waals surface area contributed by atoms with Crippen molar-refractivity contribution in [2.24, 2.45) is 0 Å². The van der Waals surface area contributed by atoms with E-state index in [1.54, 1.807) is 12.1 Å². The average Bonchev–Trinajstić information content (AvgIpc) is 3.13. The third-order valence-electron chi connectivity index (χ3n) is 3.81. The third-order valence-corrected chi connectivity index (χ3v) is 4.68. The van der Waals surface area contributed by atoms with Crippen molar-refractivity contribution >= 4 is 28.1 Å². The molecule has 0 saturated heterocycles. The predicted octanol–water partition coefficient (Wildman–Crippen LogP) is 4.08. The highest BCUT2D eigenvalue weighted by Gasteiger charge is 2.25. The van der Waals surface area contributed by atoms with E-state index in [-0.39, 0.29) is 17.1 Å². The first-order valence-electron chi connectivity index (χ1n) is 7.06. The van der Waals surface area contributed by atoms with Crippen molar-refractivity contribution in [3.63, 3.8) is 0 Å². The zero-order valence-electron chi connectivity index (χ0n) is 12.4. The van der Waals surface area contributed by atoms with Gasteiger partial charge in [0, 0.05) is 29.1 Å². The van der Waals surface area contributed by atoms with E-state index in [1.807, 2.05) is 31.5 Å². The minimum absolute atomic E-state index is 0.0749. The molecule has 3 aromatic rings. The molecule has 3 rings (SSSR count).